The molecule has 0 aliphatic heterocycles. The third kappa shape index (κ3) is 3.50. The average molecular weight is 226 g/mol. The monoisotopic (exact) mass is 226 g/mol. The van der Waals surface area contributed by atoms with Crippen LogP contribution in [0.5, 0.6) is 0 Å². The SMILES string of the molecule is CCC(C#CC(CC)(CC)OC)(CC)OC. The quantitative estimate of drug-likeness (QED) is 0.646. The number of ether oxygens (including phenoxy) is 2. The fraction of sp³-hybridized carbons (Fsp3) is 0.857. The molecular weight excluding hydrogens is 200 g/mol. The van der Waals surface area contributed by atoms with E-state index in [1.165, 1.54) is 0 Å². The Hall–Kier alpha value is -0.520. The molecular formula is C14H26O2. The molecule has 2 heteroatoms. The lowest BCUT2D eigenvalue weighted by atomic mass is 9.93. The fourth-order valence-electron chi connectivity index (χ4n) is 1.76. The van der Waals surface area contributed by atoms with Gasteiger partial charge in [-0.1, -0.05) is 39.5 Å². The van der Waals surface area contributed by atoms with Crippen LogP contribution >= 0.6 is 0 Å². The standard InChI is InChI=1S/C14H26O2/c1-7-13(8-2,15-5)11-12-14(9-3,10-4)16-6/h7-10H2,1-6H3. The molecule has 0 radical (unpaired) electrons. The molecule has 0 aromatic carbocycles. The Morgan fingerprint density at radius 2 is 0.938 bits per heavy atom. The first-order valence-corrected chi connectivity index (χ1v) is 6.22. The van der Waals surface area contributed by atoms with E-state index >= 15 is 0 Å². The molecule has 0 saturated carbocycles. The molecule has 0 aromatic heterocycles. The molecule has 0 aliphatic rings. The van der Waals surface area contributed by atoms with Crippen molar-refractivity contribution in [2.75, 3.05) is 14.2 Å². The van der Waals surface area contributed by atoms with Gasteiger partial charge in [0.2, 0.25) is 0 Å². The summed E-state index contributed by atoms with van der Waals surface area (Å²) in [5, 5.41) is 0. The maximum Gasteiger partial charge on any atom is 0.127 e. The van der Waals surface area contributed by atoms with Crippen LogP contribution in [0.2, 0.25) is 0 Å². The minimum Gasteiger partial charge on any atom is -0.366 e. The first-order chi connectivity index (χ1) is 7.57. The summed E-state index contributed by atoms with van der Waals surface area (Å²) in [6, 6.07) is 0. The van der Waals surface area contributed by atoms with Crippen LogP contribution in [0.1, 0.15) is 53.4 Å². The Morgan fingerprint density at radius 3 is 1.06 bits per heavy atom. The molecule has 0 aliphatic carbocycles. The van der Waals surface area contributed by atoms with E-state index in [-0.39, 0.29) is 11.2 Å². The Morgan fingerprint density at radius 1 is 0.688 bits per heavy atom. The summed E-state index contributed by atoms with van der Waals surface area (Å²) in [6.07, 6.45) is 3.61. The van der Waals surface area contributed by atoms with Gasteiger partial charge in [-0.15, -0.1) is 0 Å². The van der Waals surface area contributed by atoms with Gasteiger partial charge in [0.15, 0.2) is 0 Å². The van der Waals surface area contributed by atoms with E-state index in [1.54, 1.807) is 14.2 Å². The molecule has 0 saturated heterocycles. The fourth-order valence-corrected chi connectivity index (χ4v) is 1.76. The van der Waals surface area contributed by atoms with Crippen LogP contribution < -0.4 is 0 Å². The second-order valence-corrected chi connectivity index (χ2v) is 4.06. The summed E-state index contributed by atoms with van der Waals surface area (Å²) < 4.78 is 11.1. The molecule has 0 atom stereocenters. The first kappa shape index (κ1) is 15.5. The van der Waals surface area contributed by atoms with Crippen LogP contribution in [0.4, 0.5) is 0 Å². The molecule has 0 bridgehead atoms. The molecule has 0 amide bonds. The van der Waals surface area contributed by atoms with Gasteiger partial charge < -0.3 is 9.47 Å². The summed E-state index contributed by atoms with van der Waals surface area (Å²) in [5.41, 5.74) is -0.623. The van der Waals surface area contributed by atoms with Crippen molar-refractivity contribution in [1.82, 2.24) is 0 Å². The van der Waals surface area contributed by atoms with Gasteiger partial charge in [0.1, 0.15) is 11.2 Å². The third-order valence-electron chi connectivity index (χ3n) is 3.58. The van der Waals surface area contributed by atoms with Gasteiger partial charge in [-0.25, -0.2) is 0 Å². The predicted molar refractivity (Wildman–Crippen MR) is 68.4 cm³/mol. The lowest BCUT2D eigenvalue weighted by molar-refractivity contribution is 0.0247. The topological polar surface area (TPSA) is 18.5 Å². The summed E-state index contributed by atoms with van der Waals surface area (Å²) in [6.45, 7) is 8.42. The highest BCUT2D eigenvalue weighted by Gasteiger charge is 2.26. The zero-order valence-electron chi connectivity index (χ0n) is 11.6. The van der Waals surface area contributed by atoms with Crippen molar-refractivity contribution in [3.63, 3.8) is 0 Å². The van der Waals surface area contributed by atoms with E-state index in [2.05, 4.69) is 39.5 Å². The van der Waals surface area contributed by atoms with Crippen LogP contribution in [-0.2, 0) is 9.47 Å². The van der Waals surface area contributed by atoms with E-state index in [0.717, 1.165) is 25.7 Å². The summed E-state index contributed by atoms with van der Waals surface area (Å²) in [7, 11) is 3.46. The number of hydrogen-bond acceptors (Lipinski definition) is 2. The van der Waals surface area contributed by atoms with E-state index in [0.29, 0.717) is 0 Å². The molecule has 0 fully saturated rings. The number of rotatable bonds is 6. The zero-order chi connectivity index (χ0) is 12.7. The Balaban J connectivity index is 5.03. The van der Waals surface area contributed by atoms with Gasteiger partial charge in [0.25, 0.3) is 0 Å². The summed E-state index contributed by atoms with van der Waals surface area (Å²) in [5.74, 6) is 6.56. The third-order valence-corrected chi connectivity index (χ3v) is 3.58. The van der Waals surface area contributed by atoms with Gasteiger partial charge in [0, 0.05) is 14.2 Å². The van der Waals surface area contributed by atoms with Crippen molar-refractivity contribution in [3.05, 3.63) is 0 Å². The highest BCUT2D eigenvalue weighted by atomic mass is 16.5. The van der Waals surface area contributed by atoms with E-state index < -0.39 is 0 Å². The number of hydrogen-bond donors (Lipinski definition) is 0. The minimum absolute atomic E-state index is 0.311. The van der Waals surface area contributed by atoms with Crippen LogP contribution in [0.3, 0.4) is 0 Å². The molecule has 2 nitrogen and oxygen atoms in total. The van der Waals surface area contributed by atoms with E-state index in [4.69, 9.17) is 9.47 Å². The van der Waals surface area contributed by atoms with Crippen molar-refractivity contribution in [1.29, 1.82) is 0 Å². The lowest BCUT2D eigenvalue weighted by Gasteiger charge is -2.27. The van der Waals surface area contributed by atoms with Gasteiger partial charge in [0.05, 0.1) is 0 Å². The molecule has 94 valence electrons. The molecule has 0 heterocycles. The lowest BCUT2D eigenvalue weighted by Crippen LogP contribution is -2.32. The normalized spacial score (nSPS) is 12.1. The largest absolute Gasteiger partial charge is 0.366 e. The second-order valence-electron chi connectivity index (χ2n) is 4.06. The number of methoxy groups -OCH3 is 2. The smallest absolute Gasteiger partial charge is 0.127 e. The zero-order valence-corrected chi connectivity index (χ0v) is 11.6. The van der Waals surface area contributed by atoms with Crippen molar-refractivity contribution < 1.29 is 9.47 Å². The van der Waals surface area contributed by atoms with Crippen molar-refractivity contribution in [2.24, 2.45) is 0 Å². The van der Waals surface area contributed by atoms with E-state index in [1.807, 2.05) is 0 Å². The average Bonchev–Trinajstić information content (AvgIpc) is 2.37. The van der Waals surface area contributed by atoms with Crippen LogP contribution in [0.25, 0.3) is 0 Å². The van der Waals surface area contributed by atoms with Gasteiger partial charge in [-0.05, 0) is 25.7 Å². The molecule has 0 N–H and O–H groups in total. The Bertz CT molecular complexity index is 199. The Kier molecular flexibility index (Phi) is 6.71. The molecule has 16 heavy (non-hydrogen) atoms. The second kappa shape index (κ2) is 6.93. The highest BCUT2D eigenvalue weighted by molar-refractivity contribution is 5.21. The predicted octanol–water partition coefficient (Wildman–Crippen LogP) is 3.40. The van der Waals surface area contributed by atoms with Crippen LogP contribution in [0, 0.1) is 11.8 Å². The van der Waals surface area contributed by atoms with Gasteiger partial charge in [-0.3, -0.25) is 0 Å². The maximum absolute atomic E-state index is 5.54. The molecule has 0 rings (SSSR count). The van der Waals surface area contributed by atoms with Gasteiger partial charge in [-0.2, -0.15) is 0 Å². The molecule has 0 aromatic rings. The minimum atomic E-state index is -0.311. The van der Waals surface area contributed by atoms with Crippen molar-refractivity contribution in [2.45, 2.75) is 64.6 Å². The Labute approximate surface area is 101 Å². The maximum atomic E-state index is 5.54. The van der Waals surface area contributed by atoms with Crippen LogP contribution in [0.15, 0.2) is 0 Å². The van der Waals surface area contributed by atoms with Crippen molar-refractivity contribution in [3.8, 4) is 11.8 Å². The molecule has 0 unspecified atom stereocenters. The first-order valence-electron chi connectivity index (χ1n) is 6.22. The highest BCUT2D eigenvalue weighted by Crippen LogP contribution is 2.22. The van der Waals surface area contributed by atoms with E-state index in [9.17, 15) is 0 Å². The van der Waals surface area contributed by atoms with Crippen molar-refractivity contribution >= 4 is 0 Å². The molecule has 0 spiro atoms. The summed E-state index contributed by atoms with van der Waals surface area (Å²) >= 11 is 0. The van der Waals surface area contributed by atoms with Crippen LogP contribution in [-0.4, -0.2) is 25.4 Å². The van der Waals surface area contributed by atoms with Gasteiger partial charge >= 0.3 is 0 Å². The summed E-state index contributed by atoms with van der Waals surface area (Å²) in [4.78, 5) is 0.